The van der Waals surface area contributed by atoms with E-state index in [0.717, 1.165) is 24.2 Å². The van der Waals surface area contributed by atoms with E-state index in [4.69, 9.17) is 0 Å². The van der Waals surface area contributed by atoms with Gasteiger partial charge in [0.05, 0.1) is 6.10 Å². The quantitative estimate of drug-likeness (QED) is 0.483. The molecule has 0 amide bonds. The minimum Gasteiger partial charge on any atom is -0.393 e. The molecule has 5 aliphatic carbocycles. The van der Waals surface area contributed by atoms with Crippen LogP contribution < -0.4 is 0 Å². The van der Waals surface area contributed by atoms with Crippen LogP contribution in [0.5, 0.6) is 0 Å². The van der Waals surface area contributed by atoms with E-state index in [1.807, 2.05) is 5.57 Å². The third-order valence-electron chi connectivity index (χ3n) is 11.5. The summed E-state index contributed by atoms with van der Waals surface area (Å²) in [6.45, 7) is 12.5. The first-order chi connectivity index (χ1) is 14.7. The van der Waals surface area contributed by atoms with E-state index >= 15 is 0 Å². The van der Waals surface area contributed by atoms with E-state index < -0.39 is 0 Å². The number of rotatable bonds is 3. The molecule has 0 aromatic heterocycles. The Morgan fingerprint density at radius 3 is 2.42 bits per heavy atom. The molecule has 31 heavy (non-hydrogen) atoms. The second kappa shape index (κ2) is 7.75. The van der Waals surface area contributed by atoms with Crippen molar-refractivity contribution >= 4 is 0 Å². The number of hydrogen-bond donors (Lipinski definition) is 1. The lowest BCUT2D eigenvalue weighted by atomic mass is 9.46. The average Bonchev–Trinajstić information content (AvgIpc) is 3.09. The number of allylic oxidation sites excluding steroid dienone is 4. The summed E-state index contributed by atoms with van der Waals surface area (Å²) in [5.74, 6) is 3.35. The maximum absolute atomic E-state index is 10.8. The lowest BCUT2D eigenvalue weighted by Gasteiger charge is -2.59. The van der Waals surface area contributed by atoms with E-state index in [1.54, 1.807) is 11.1 Å². The molecule has 1 N–H and O–H groups in total. The van der Waals surface area contributed by atoms with Crippen LogP contribution in [0.15, 0.2) is 22.8 Å². The minimum absolute atomic E-state index is 0.0490. The van der Waals surface area contributed by atoms with Crippen molar-refractivity contribution in [1.29, 1.82) is 0 Å². The monoisotopic (exact) mass is 424 g/mol. The Bertz CT molecular complexity index is 765. The molecular formula is C30H48O. The van der Waals surface area contributed by atoms with Gasteiger partial charge in [-0.05, 0) is 102 Å². The van der Waals surface area contributed by atoms with Crippen molar-refractivity contribution in [2.45, 2.75) is 124 Å². The van der Waals surface area contributed by atoms with Crippen LogP contribution >= 0.6 is 0 Å². The van der Waals surface area contributed by atoms with E-state index in [1.165, 1.54) is 77.0 Å². The van der Waals surface area contributed by atoms with E-state index in [-0.39, 0.29) is 11.5 Å². The van der Waals surface area contributed by atoms with Crippen molar-refractivity contribution < 1.29 is 5.11 Å². The fraction of sp³-hybridized carbons (Fsp3) is 0.867. The van der Waals surface area contributed by atoms with E-state index in [0.29, 0.717) is 16.7 Å². The van der Waals surface area contributed by atoms with Gasteiger partial charge in [0.25, 0.3) is 0 Å². The molecule has 1 heteroatoms. The molecule has 0 saturated heterocycles. The van der Waals surface area contributed by atoms with Crippen molar-refractivity contribution in [3.05, 3.63) is 22.8 Å². The van der Waals surface area contributed by atoms with E-state index in [2.05, 4.69) is 40.7 Å². The highest BCUT2D eigenvalue weighted by molar-refractivity contribution is 5.49. The molecule has 5 aliphatic rings. The molecule has 2 fully saturated rings. The zero-order valence-corrected chi connectivity index (χ0v) is 21.1. The van der Waals surface area contributed by atoms with Gasteiger partial charge >= 0.3 is 0 Å². The van der Waals surface area contributed by atoms with Crippen LogP contribution in [-0.2, 0) is 0 Å². The Labute approximate surface area is 192 Å². The first-order valence-electron chi connectivity index (χ1n) is 13.8. The summed E-state index contributed by atoms with van der Waals surface area (Å²) >= 11 is 0. The molecule has 0 radical (unpaired) electrons. The highest BCUT2D eigenvalue weighted by atomic mass is 16.3. The number of fused-ring (bicyclic) bond motifs is 4. The molecule has 0 bridgehead atoms. The van der Waals surface area contributed by atoms with Gasteiger partial charge in [0.1, 0.15) is 0 Å². The molecule has 6 atom stereocenters. The van der Waals surface area contributed by atoms with Gasteiger partial charge in [-0.3, -0.25) is 0 Å². The van der Waals surface area contributed by atoms with Crippen molar-refractivity contribution in [2.24, 2.45) is 39.9 Å². The van der Waals surface area contributed by atoms with Gasteiger partial charge in [0.15, 0.2) is 0 Å². The Hall–Kier alpha value is -0.560. The summed E-state index contributed by atoms with van der Waals surface area (Å²) in [5.41, 5.74) is 6.15. The third kappa shape index (κ3) is 3.34. The summed E-state index contributed by atoms with van der Waals surface area (Å²) in [7, 11) is 0. The fourth-order valence-electron chi connectivity index (χ4n) is 9.69. The van der Waals surface area contributed by atoms with Crippen LogP contribution in [0.3, 0.4) is 0 Å². The first kappa shape index (κ1) is 22.2. The van der Waals surface area contributed by atoms with Gasteiger partial charge in [-0.15, -0.1) is 0 Å². The summed E-state index contributed by atoms with van der Waals surface area (Å²) in [4.78, 5) is 0. The predicted octanol–water partition coefficient (Wildman–Crippen LogP) is 8.23. The van der Waals surface area contributed by atoms with Crippen molar-refractivity contribution in [3.8, 4) is 0 Å². The second-order valence-corrected chi connectivity index (χ2v) is 13.4. The largest absolute Gasteiger partial charge is 0.393 e. The Morgan fingerprint density at radius 2 is 1.68 bits per heavy atom. The first-order valence-corrected chi connectivity index (χ1v) is 13.8. The topological polar surface area (TPSA) is 20.2 Å². The summed E-state index contributed by atoms with van der Waals surface area (Å²) in [6.07, 6.45) is 20.1. The van der Waals surface area contributed by atoms with Crippen molar-refractivity contribution in [3.63, 3.8) is 0 Å². The van der Waals surface area contributed by atoms with Gasteiger partial charge in [-0.1, -0.05) is 78.4 Å². The number of aliphatic hydroxyl groups excluding tert-OH is 1. The van der Waals surface area contributed by atoms with Gasteiger partial charge in [-0.2, -0.15) is 0 Å². The molecule has 0 aliphatic heterocycles. The number of hydrogen-bond acceptors (Lipinski definition) is 1. The second-order valence-electron chi connectivity index (χ2n) is 13.4. The van der Waals surface area contributed by atoms with Gasteiger partial charge in [0, 0.05) is 0 Å². The molecule has 0 heterocycles. The molecule has 0 aromatic carbocycles. The van der Waals surface area contributed by atoms with Gasteiger partial charge < -0.3 is 5.11 Å². The summed E-state index contributed by atoms with van der Waals surface area (Å²) in [5, 5.41) is 10.8. The zero-order valence-electron chi connectivity index (χ0n) is 21.1. The SMILES string of the molecule is C[C@H](CC1CCCCC1)[C@H]1CC=C2C3=C(CC[C@@]21C)[C@@]1(C)CC[C@H](O)C(C)(C)C1CC3. The molecule has 0 spiro atoms. The molecule has 5 rings (SSSR count). The molecule has 174 valence electrons. The van der Waals surface area contributed by atoms with Crippen LogP contribution in [-0.4, -0.2) is 11.2 Å². The van der Waals surface area contributed by atoms with Crippen LogP contribution in [0.4, 0.5) is 0 Å². The standard InChI is InChI=1S/C30H48O/c1-20(19-21-9-7-6-8-10-21)23-12-13-24-22-11-14-26-28(2,3)27(31)16-18-30(26,5)25(22)15-17-29(23,24)4/h13,20-21,23,26-27,31H,6-12,14-19H2,1-5H3/t20-,23-,26?,27+,29-,30-/m1/s1. The van der Waals surface area contributed by atoms with Crippen LogP contribution in [0, 0.1) is 39.9 Å². The molecule has 2 saturated carbocycles. The maximum Gasteiger partial charge on any atom is 0.0594 e. The highest BCUT2D eigenvalue weighted by Gasteiger charge is 2.57. The average molecular weight is 425 g/mol. The van der Waals surface area contributed by atoms with Crippen LogP contribution in [0.2, 0.25) is 0 Å². The van der Waals surface area contributed by atoms with Crippen molar-refractivity contribution in [2.75, 3.05) is 0 Å². The van der Waals surface area contributed by atoms with Crippen LogP contribution in [0.1, 0.15) is 118 Å². The smallest absolute Gasteiger partial charge is 0.0594 e. The summed E-state index contributed by atoms with van der Waals surface area (Å²) < 4.78 is 0. The summed E-state index contributed by atoms with van der Waals surface area (Å²) in [6, 6.07) is 0. The molecule has 0 aromatic rings. The van der Waals surface area contributed by atoms with Gasteiger partial charge in [0.2, 0.25) is 0 Å². The Morgan fingerprint density at radius 1 is 0.935 bits per heavy atom. The minimum atomic E-state index is -0.128. The zero-order chi connectivity index (χ0) is 22.0. The lowest BCUT2D eigenvalue weighted by Crippen LogP contribution is -2.53. The molecular weight excluding hydrogens is 376 g/mol. The Balaban J connectivity index is 1.40. The third-order valence-corrected chi connectivity index (χ3v) is 11.5. The normalized spacial score (nSPS) is 43.7. The van der Waals surface area contributed by atoms with Crippen molar-refractivity contribution in [1.82, 2.24) is 0 Å². The van der Waals surface area contributed by atoms with Crippen LogP contribution in [0.25, 0.3) is 0 Å². The number of aliphatic hydroxyl groups is 1. The fourth-order valence-corrected chi connectivity index (χ4v) is 9.69. The van der Waals surface area contributed by atoms with E-state index in [9.17, 15) is 5.11 Å². The van der Waals surface area contributed by atoms with Gasteiger partial charge in [-0.25, -0.2) is 0 Å². The molecule has 1 nitrogen and oxygen atoms in total. The molecule has 1 unspecified atom stereocenters. The lowest BCUT2D eigenvalue weighted by molar-refractivity contribution is -0.0905. The Kier molecular flexibility index (Phi) is 5.56. The maximum atomic E-state index is 10.8. The predicted molar refractivity (Wildman–Crippen MR) is 131 cm³/mol. The highest BCUT2D eigenvalue weighted by Crippen LogP contribution is 2.66.